The van der Waals surface area contributed by atoms with Gasteiger partial charge in [-0.1, -0.05) is 23.7 Å². The molecule has 0 saturated carbocycles. The summed E-state index contributed by atoms with van der Waals surface area (Å²) in [7, 11) is 1.59. The maximum Gasteiger partial charge on any atom is 0.332 e. The number of benzene rings is 1. The molecule has 2 heterocycles. The molecule has 0 aliphatic carbocycles. The number of fused-ring (bicyclic) bond motifs is 1. The summed E-state index contributed by atoms with van der Waals surface area (Å²) in [6, 6.07) is 7.26. The van der Waals surface area contributed by atoms with Crippen molar-refractivity contribution in [3.8, 4) is 0 Å². The van der Waals surface area contributed by atoms with E-state index in [4.69, 9.17) is 21.9 Å². The lowest BCUT2D eigenvalue weighted by atomic mass is 10.2. The van der Waals surface area contributed by atoms with E-state index in [1.54, 1.807) is 23.7 Å². The highest BCUT2D eigenvalue weighted by atomic mass is 127. The molecule has 2 aromatic heterocycles. The zero-order valence-electron chi connectivity index (χ0n) is 14.5. The SMILES string of the molecule is Cn1c(=O)n(CCCOPI)c(=O)c2c1nc(N)n2Cc1ccc(Cl)cc1. The zero-order chi connectivity index (χ0) is 19.6. The van der Waals surface area contributed by atoms with Crippen molar-refractivity contribution in [2.45, 2.75) is 19.5 Å². The number of nitrogens with zero attached hydrogens (tertiary/aromatic N) is 4. The van der Waals surface area contributed by atoms with E-state index >= 15 is 0 Å². The summed E-state index contributed by atoms with van der Waals surface area (Å²) in [5.41, 5.74) is 6.74. The molecule has 0 aliphatic heterocycles. The van der Waals surface area contributed by atoms with Crippen LogP contribution in [0.15, 0.2) is 33.9 Å². The van der Waals surface area contributed by atoms with Crippen LogP contribution in [0.25, 0.3) is 11.2 Å². The Balaban J connectivity index is 2.08. The van der Waals surface area contributed by atoms with Crippen molar-refractivity contribution in [1.29, 1.82) is 0 Å². The van der Waals surface area contributed by atoms with Crippen molar-refractivity contribution in [1.82, 2.24) is 18.7 Å². The van der Waals surface area contributed by atoms with E-state index in [2.05, 4.69) is 27.0 Å². The average Bonchev–Trinajstić information content (AvgIpc) is 2.98. The lowest BCUT2D eigenvalue weighted by Gasteiger charge is -2.10. The van der Waals surface area contributed by atoms with Crippen molar-refractivity contribution in [3.05, 3.63) is 55.7 Å². The molecule has 1 atom stereocenters. The predicted molar refractivity (Wildman–Crippen MR) is 117 cm³/mol. The third kappa shape index (κ3) is 4.21. The van der Waals surface area contributed by atoms with Gasteiger partial charge >= 0.3 is 5.69 Å². The van der Waals surface area contributed by atoms with E-state index in [0.717, 1.165) is 5.56 Å². The summed E-state index contributed by atoms with van der Waals surface area (Å²) < 4.78 is 9.50. The molecule has 3 rings (SSSR count). The van der Waals surface area contributed by atoms with E-state index in [9.17, 15) is 9.59 Å². The molecule has 1 unspecified atom stereocenters. The second kappa shape index (κ2) is 8.72. The van der Waals surface area contributed by atoms with E-state index < -0.39 is 11.2 Å². The number of rotatable bonds is 7. The third-order valence-corrected chi connectivity index (χ3v) is 5.70. The van der Waals surface area contributed by atoms with Crippen molar-refractivity contribution < 1.29 is 4.52 Å². The summed E-state index contributed by atoms with van der Waals surface area (Å²) >= 11 is 8.06. The van der Waals surface area contributed by atoms with Gasteiger partial charge in [0.2, 0.25) is 5.95 Å². The van der Waals surface area contributed by atoms with Crippen LogP contribution < -0.4 is 17.0 Å². The van der Waals surface area contributed by atoms with Crippen LogP contribution in [-0.4, -0.2) is 25.3 Å². The largest absolute Gasteiger partial charge is 0.369 e. The number of nitrogen functional groups attached to an aromatic ring is 1. The first-order chi connectivity index (χ1) is 12.9. The van der Waals surface area contributed by atoms with Crippen LogP contribution >= 0.6 is 40.1 Å². The summed E-state index contributed by atoms with van der Waals surface area (Å²) in [5, 5.41) is 0.626. The molecule has 144 valence electrons. The topological polar surface area (TPSA) is 97.1 Å². The molecular formula is C16H18ClIN5O3P. The Hall–Kier alpha value is -1.42. The molecular weight excluding hydrogens is 504 g/mol. The number of halogens is 2. The van der Waals surface area contributed by atoms with Gasteiger partial charge in [-0.15, -0.1) is 0 Å². The average molecular weight is 522 g/mol. The number of imidazole rings is 1. The Kier molecular flexibility index (Phi) is 6.56. The smallest absolute Gasteiger partial charge is 0.332 e. The fraction of sp³-hybridized carbons (Fsp3) is 0.312. The van der Waals surface area contributed by atoms with Crippen LogP contribution in [0.2, 0.25) is 5.02 Å². The van der Waals surface area contributed by atoms with Crippen LogP contribution in [0.4, 0.5) is 5.95 Å². The maximum absolute atomic E-state index is 13.0. The van der Waals surface area contributed by atoms with Crippen molar-refractivity contribution >= 4 is 57.2 Å². The first-order valence-corrected chi connectivity index (χ1v) is 12.5. The molecule has 0 radical (unpaired) electrons. The molecule has 0 bridgehead atoms. The number of hydrogen-bond acceptors (Lipinski definition) is 5. The predicted octanol–water partition coefficient (Wildman–Crippen LogP) is 2.53. The minimum absolute atomic E-state index is 0.180. The van der Waals surface area contributed by atoms with Crippen molar-refractivity contribution in [2.75, 3.05) is 12.3 Å². The van der Waals surface area contributed by atoms with Gasteiger partial charge in [0.05, 0.1) is 19.6 Å². The van der Waals surface area contributed by atoms with Gasteiger partial charge in [0, 0.05) is 18.6 Å². The first-order valence-electron chi connectivity index (χ1n) is 8.11. The van der Waals surface area contributed by atoms with Gasteiger partial charge in [-0.2, -0.15) is 4.98 Å². The van der Waals surface area contributed by atoms with Gasteiger partial charge < -0.3 is 14.8 Å². The van der Waals surface area contributed by atoms with Crippen LogP contribution in [0.1, 0.15) is 12.0 Å². The number of aryl methyl sites for hydroxylation is 1. The van der Waals surface area contributed by atoms with Crippen LogP contribution in [0.5, 0.6) is 0 Å². The third-order valence-electron chi connectivity index (χ3n) is 4.20. The molecule has 0 fully saturated rings. The lowest BCUT2D eigenvalue weighted by molar-refractivity contribution is 0.344. The minimum atomic E-state index is -0.416. The second-order valence-electron chi connectivity index (χ2n) is 5.93. The highest BCUT2D eigenvalue weighted by Gasteiger charge is 2.19. The van der Waals surface area contributed by atoms with Gasteiger partial charge in [0.25, 0.3) is 5.56 Å². The van der Waals surface area contributed by atoms with E-state index in [0.29, 0.717) is 36.6 Å². The van der Waals surface area contributed by atoms with Crippen LogP contribution in [-0.2, 0) is 24.7 Å². The molecule has 8 nitrogen and oxygen atoms in total. The summed E-state index contributed by atoms with van der Waals surface area (Å²) in [4.78, 5) is 29.8. The molecule has 0 saturated heterocycles. The minimum Gasteiger partial charge on any atom is -0.369 e. The Morgan fingerprint density at radius 2 is 1.96 bits per heavy atom. The second-order valence-corrected chi connectivity index (χ2v) is 8.13. The van der Waals surface area contributed by atoms with Gasteiger partial charge in [0.15, 0.2) is 11.2 Å². The fourth-order valence-electron chi connectivity index (χ4n) is 2.85. The van der Waals surface area contributed by atoms with Crippen LogP contribution in [0.3, 0.4) is 0 Å². The number of aromatic nitrogens is 4. The Morgan fingerprint density at radius 1 is 1.26 bits per heavy atom. The molecule has 2 N–H and O–H groups in total. The normalized spacial score (nSPS) is 11.8. The fourth-order valence-corrected chi connectivity index (χ4v) is 3.86. The van der Waals surface area contributed by atoms with Crippen molar-refractivity contribution in [3.63, 3.8) is 0 Å². The molecule has 0 amide bonds. The molecule has 0 aliphatic rings. The van der Waals surface area contributed by atoms with Gasteiger partial charge in [-0.25, -0.2) is 4.79 Å². The van der Waals surface area contributed by atoms with Gasteiger partial charge in [-0.3, -0.25) is 13.9 Å². The monoisotopic (exact) mass is 521 g/mol. The molecule has 3 aromatic rings. The molecule has 11 heteroatoms. The highest BCUT2D eigenvalue weighted by molar-refractivity contribution is 14.2. The van der Waals surface area contributed by atoms with Gasteiger partial charge in [-0.05, 0) is 46.2 Å². The van der Waals surface area contributed by atoms with E-state index in [1.807, 2.05) is 12.1 Å². The number of nitrogens with two attached hydrogens (primary N) is 1. The number of hydrogen-bond donors (Lipinski definition) is 1. The Labute approximate surface area is 174 Å². The lowest BCUT2D eigenvalue weighted by Crippen LogP contribution is -2.40. The first kappa shape index (κ1) is 20.3. The highest BCUT2D eigenvalue weighted by Crippen LogP contribution is 2.21. The molecule has 27 heavy (non-hydrogen) atoms. The summed E-state index contributed by atoms with van der Waals surface area (Å²) in [6.45, 7) is 1.46. The zero-order valence-corrected chi connectivity index (χ0v) is 18.4. The number of anilines is 1. The van der Waals surface area contributed by atoms with Crippen LogP contribution in [0, 0.1) is 0 Å². The summed E-state index contributed by atoms with van der Waals surface area (Å²) in [5.74, 6) is 0.180. The Bertz CT molecular complexity index is 1080. The molecule has 1 aromatic carbocycles. The summed E-state index contributed by atoms with van der Waals surface area (Å²) in [6.07, 6.45) is 0.567. The van der Waals surface area contributed by atoms with Gasteiger partial charge in [0.1, 0.15) is 0 Å². The Morgan fingerprint density at radius 3 is 2.63 bits per heavy atom. The standard InChI is InChI=1S/C16H18ClIN5O3P/c1-21-13-12(14(24)22(16(21)25)7-2-8-26-27-18)23(15(19)20-13)9-10-3-5-11(17)6-4-10/h3-6,27H,2,7-9H2,1H3,(H2,19,20). The quantitative estimate of drug-likeness (QED) is 0.293. The maximum atomic E-state index is 13.0. The van der Waals surface area contributed by atoms with Crippen molar-refractivity contribution in [2.24, 2.45) is 7.05 Å². The van der Waals surface area contributed by atoms with E-state index in [-0.39, 0.29) is 18.1 Å². The molecule has 0 spiro atoms. The van der Waals surface area contributed by atoms with E-state index in [1.165, 1.54) is 9.13 Å².